The molecule has 1 aliphatic heterocycles. The van der Waals surface area contributed by atoms with Crippen LogP contribution in [0.25, 0.3) is 0 Å². The number of phenols is 1. The Kier molecular flexibility index (Phi) is 8.17. The van der Waals surface area contributed by atoms with Crippen molar-refractivity contribution in [2.24, 2.45) is 25.9 Å². The second-order valence-corrected chi connectivity index (χ2v) is 9.48. The molecule has 0 aromatic heterocycles. The fourth-order valence-corrected chi connectivity index (χ4v) is 4.98. The van der Waals surface area contributed by atoms with Crippen LogP contribution in [0, 0.1) is 6.92 Å². The van der Waals surface area contributed by atoms with Crippen molar-refractivity contribution in [1.29, 1.82) is 0 Å². The van der Waals surface area contributed by atoms with E-state index in [0.29, 0.717) is 17.6 Å². The van der Waals surface area contributed by atoms with Gasteiger partial charge in [-0.25, -0.2) is 9.98 Å². The van der Waals surface area contributed by atoms with Crippen LogP contribution in [0.4, 0.5) is 11.4 Å². The van der Waals surface area contributed by atoms with E-state index in [0.717, 1.165) is 28.5 Å². The van der Waals surface area contributed by atoms with Crippen LogP contribution >= 0.6 is 11.8 Å². The highest BCUT2D eigenvalue weighted by Gasteiger charge is 2.30. The van der Waals surface area contributed by atoms with Crippen molar-refractivity contribution in [2.75, 3.05) is 10.7 Å². The van der Waals surface area contributed by atoms with Crippen molar-refractivity contribution >= 4 is 46.7 Å². The van der Waals surface area contributed by atoms with E-state index >= 15 is 0 Å². The minimum Gasteiger partial charge on any atom is -0.508 e. The van der Waals surface area contributed by atoms with Crippen molar-refractivity contribution < 1.29 is 5.11 Å². The van der Waals surface area contributed by atoms with Gasteiger partial charge in [-0.05, 0) is 61.2 Å². The summed E-state index contributed by atoms with van der Waals surface area (Å²) in [6.45, 7) is 6.57. The predicted molar refractivity (Wildman–Crippen MR) is 153 cm³/mol. The Balaban J connectivity index is 1.45. The molecule has 3 aromatic carbocycles. The lowest BCUT2D eigenvalue weighted by Gasteiger charge is -2.27. The van der Waals surface area contributed by atoms with Gasteiger partial charge >= 0.3 is 0 Å². The maximum atomic E-state index is 9.33. The lowest BCUT2D eigenvalue weighted by Crippen LogP contribution is -2.33. The largest absolute Gasteiger partial charge is 0.508 e. The summed E-state index contributed by atoms with van der Waals surface area (Å²) in [4.78, 5) is 10.7. The molecule has 1 saturated heterocycles. The molecule has 1 fully saturated rings. The van der Waals surface area contributed by atoms with E-state index in [1.54, 1.807) is 42.2 Å². The van der Waals surface area contributed by atoms with Gasteiger partial charge in [-0.3, -0.25) is 0 Å². The third kappa shape index (κ3) is 6.01. The third-order valence-corrected chi connectivity index (χ3v) is 7.04. The molecule has 1 heterocycles. The first-order valence-electron chi connectivity index (χ1n) is 11.8. The molecule has 0 spiro atoms. The minimum absolute atomic E-state index is 0.192. The fraction of sp³-hybridized carbons (Fsp3) is 0.214. The van der Waals surface area contributed by atoms with Crippen LogP contribution in [-0.2, 0) is 6.42 Å². The molecule has 0 bridgehead atoms. The Morgan fingerprint density at radius 2 is 1.86 bits per heavy atom. The van der Waals surface area contributed by atoms with Crippen LogP contribution in [0.3, 0.4) is 0 Å². The van der Waals surface area contributed by atoms with Crippen LogP contribution in [0.15, 0.2) is 86.9 Å². The van der Waals surface area contributed by atoms with Gasteiger partial charge in [-0.1, -0.05) is 61.2 Å². The van der Waals surface area contributed by atoms with Crippen LogP contribution in [-0.4, -0.2) is 40.5 Å². The van der Waals surface area contributed by atoms with Gasteiger partial charge in [0.1, 0.15) is 17.9 Å². The van der Waals surface area contributed by atoms with Gasteiger partial charge in [0.2, 0.25) is 0 Å². The van der Waals surface area contributed by atoms with Gasteiger partial charge in [0.15, 0.2) is 5.17 Å². The van der Waals surface area contributed by atoms with E-state index < -0.39 is 0 Å². The number of aliphatic imine (C=N–C) groups is 2. The third-order valence-electron chi connectivity index (χ3n) is 5.85. The fourth-order valence-electron chi connectivity index (χ4n) is 3.93. The van der Waals surface area contributed by atoms with Gasteiger partial charge in [-0.15, -0.1) is 5.10 Å². The monoisotopic (exact) mass is 498 g/mol. The second kappa shape index (κ2) is 11.7. The number of anilines is 1. The Bertz CT molecular complexity index is 1310. The Labute approximate surface area is 216 Å². The number of phenolic OH excluding ortho intramolecular Hbond substituents is 1. The first kappa shape index (κ1) is 25.2. The van der Waals surface area contributed by atoms with Gasteiger partial charge in [-0.2, -0.15) is 5.10 Å². The van der Waals surface area contributed by atoms with E-state index in [4.69, 9.17) is 5.73 Å². The molecule has 0 radical (unpaired) electrons. The number of amidine groups is 2. The number of rotatable bonds is 7. The number of nitrogens with zero attached hydrogens (tertiary/aromatic N) is 5. The number of aryl methyl sites for hydroxylation is 2. The van der Waals surface area contributed by atoms with Gasteiger partial charge in [0.25, 0.3) is 0 Å². The van der Waals surface area contributed by atoms with Crippen molar-refractivity contribution in [3.63, 3.8) is 0 Å². The summed E-state index contributed by atoms with van der Waals surface area (Å²) in [6.07, 6.45) is 4.12. The van der Waals surface area contributed by atoms with Crippen LogP contribution in [0.2, 0.25) is 0 Å². The number of nitrogens with two attached hydrogens (primary N) is 1. The van der Waals surface area contributed by atoms with Crippen LogP contribution in [0.5, 0.6) is 5.75 Å². The molecule has 36 heavy (non-hydrogen) atoms. The zero-order chi connectivity index (χ0) is 25.5. The Morgan fingerprint density at radius 1 is 1.11 bits per heavy atom. The summed E-state index contributed by atoms with van der Waals surface area (Å²) >= 11 is 1.73. The average molecular weight is 499 g/mol. The highest BCUT2D eigenvalue weighted by molar-refractivity contribution is 8.14. The maximum absolute atomic E-state index is 9.33. The standard InChI is InChI=1S/C28H30N6OS/c1-4-22-7-5-6-19(2)26(22)34-20(3)17-36-28(34)33-32-16-21-8-10-23(11-9-21)27(29)31-18-30-24-12-14-25(35)15-13-24/h5-16,18,20,35H,4,17H2,1-3H3,(H2,29,30,31)/b32-16-,33-28+. The van der Waals surface area contributed by atoms with E-state index in [1.807, 2.05) is 24.3 Å². The first-order valence-corrected chi connectivity index (χ1v) is 12.8. The van der Waals surface area contributed by atoms with E-state index in [-0.39, 0.29) is 5.75 Å². The second-order valence-electron chi connectivity index (χ2n) is 8.49. The molecule has 8 heteroatoms. The smallest absolute Gasteiger partial charge is 0.190 e. The zero-order valence-corrected chi connectivity index (χ0v) is 21.5. The zero-order valence-electron chi connectivity index (χ0n) is 20.7. The summed E-state index contributed by atoms with van der Waals surface area (Å²) in [7, 11) is 0. The highest BCUT2D eigenvalue weighted by atomic mass is 32.2. The lowest BCUT2D eigenvalue weighted by atomic mass is 10.0. The molecular formula is C28H30N6OS. The highest BCUT2D eigenvalue weighted by Crippen LogP contribution is 2.35. The molecule has 0 amide bonds. The molecule has 0 saturated carbocycles. The number of thioether (sulfide) groups is 1. The summed E-state index contributed by atoms with van der Waals surface area (Å²) in [5.74, 6) is 1.53. The molecule has 1 unspecified atom stereocenters. The number of hydrogen-bond donors (Lipinski definition) is 2. The van der Waals surface area contributed by atoms with Gasteiger partial charge < -0.3 is 15.7 Å². The van der Waals surface area contributed by atoms with Crippen molar-refractivity contribution in [3.05, 3.63) is 89.0 Å². The number of para-hydroxylation sites is 1. The van der Waals surface area contributed by atoms with E-state index in [1.165, 1.54) is 23.2 Å². The van der Waals surface area contributed by atoms with Crippen LogP contribution in [0.1, 0.15) is 36.1 Å². The lowest BCUT2D eigenvalue weighted by molar-refractivity contribution is 0.475. The van der Waals surface area contributed by atoms with Crippen molar-refractivity contribution in [3.8, 4) is 5.75 Å². The SMILES string of the molecule is CCc1cccc(C)c1N1/C(=N\N=C/c2ccc(C(N)=NC=Nc3ccc(O)cc3)cc2)SCC1C. The van der Waals surface area contributed by atoms with Crippen LogP contribution < -0.4 is 10.6 Å². The molecule has 3 N–H and O–H groups in total. The summed E-state index contributed by atoms with van der Waals surface area (Å²) in [6, 6.07) is 21.0. The Hall–Kier alpha value is -3.91. The summed E-state index contributed by atoms with van der Waals surface area (Å²) in [5, 5.41) is 19.2. The number of hydrogen-bond acceptors (Lipinski definition) is 5. The minimum atomic E-state index is 0.192. The summed E-state index contributed by atoms with van der Waals surface area (Å²) in [5.41, 5.74) is 12.3. The quantitative estimate of drug-likeness (QED) is 0.249. The molecular weight excluding hydrogens is 468 g/mol. The van der Waals surface area contributed by atoms with E-state index in [9.17, 15) is 5.11 Å². The van der Waals surface area contributed by atoms with E-state index in [2.05, 4.69) is 64.1 Å². The molecule has 7 nitrogen and oxygen atoms in total. The Morgan fingerprint density at radius 3 is 2.58 bits per heavy atom. The van der Waals surface area contributed by atoms with Gasteiger partial charge in [0.05, 0.1) is 11.9 Å². The molecule has 1 atom stereocenters. The topological polar surface area (TPSA) is 98.9 Å². The predicted octanol–water partition coefficient (Wildman–Crippen LogP) is 5.66. The van der Waals surface area contributed by atoms with Crippen molar-refractivity contribution in [2.45, 2.75) is 33.2 Å². The molecule has 4 rings (SSSR count). The average Bonchev–Trinajstić information content (AvgIpc) is 3.25. The molecule has 0 aliphatic carbocycles. The first-order chi connectivity index (χ1) is 17.5. The maximum Gasteiger partial charge on any atom is 0.190 e. The molecule has 1 aliphatic rings. The normalized spacial score (nSPS) is 17.6. The molecule has 184 valence electrons. The van der Waals surface area contributed by atoms with Crippen molar-refractivity contribution in [1.82, 2.24) is 0 Å². The number of benzene rings is 3. The molecule has 3 aromatic rings. The number of aromatic hydroxyl groups is 1. The summed E-state index contributed by atoms with van der Waals surface area (Å²) < 4.78 is 0. The van der Waals surface area contributed by atoms with Gasteiger partial charge in [0, 0.05) is 23.0 Å².